The molecule has 2 fully saturated rings. The van der Waals surface area contributed by atoms with E-state index in [1.807, 2.05) is 7.11 Å². The molecule has 1 saturated heterocycles. The number of aliphatic hydroxyl groups excluding tert-OH is 1. The van der Waals surface area contributed by atoms with Gasteiger partial charge in [0.25, 0.3) is 0 Å². The van der Waals surface area contributed by atoms with Crippen LogP contribution in [-0.2, 0) is 4.74 Å². The van der Waals surface area contributed by atoms with Crippen LogP contribution in [0.4, 0.5) is 0 Å². The van der Waals surface area contributed by atoms with Gasteiger partial charge in [-0.2, -0.15) is 0 Å². The molecule has 3 unspecified atom stereocenters. The van der Waals surface area contributed by atoms with Crippen LogP contribution in [0.15, 0.2) is 0 Å². The highest BCUT2D eigenvalue weighted by atomic mass is 16.5. The maximum atomic E-state index is 9.85. The summed E-state index contributed by atoms with van der Waals surface area (Å²) in [4.78, 5) is 2.48. The second-order valence-electron chi connectivity index (χ2n) is 5.75. The molecule has 0 amide bonds. The molecule has 16 heavy (non-hydrogen) atoms. The molecule has 2 aliphatic rings. The van der Waals surface area contributed by atoms with Gasteiger partial charge in [-0.05, 0) is 45.1 Å². The van der Waals surface area contributed by atoms with E-state index >= 15 is 0 Å². The lowest BCUT2D eigenvalue weighted by atomic mass is 9.93. The highest BCUT2D eigenvalue weighted by Crippen LogP contribution is 2.29. The first-order valence-electron chi connectivity index (χ1n) is 6.58. The van der Waals surface area contributed by atoms with Crippen molar-refractivity contribution in [1.82, 2.24) is 4.90 Å². The molecule has 3 atom stereocenters. The molecular weight excluding hydrogens is 202 g/mol. The molecule has 0 aromatic rings. The van der Waals surface area contributed by atoms with Crippen molar-refractivity contribution in [3.8, 4) is 0 Å². The zero-order chi connectivity index (χ0) is 11.6. The first-order valence-corrected chi connectivity index (χ1v) is 6.58. The Hall–Kier alpha value is -0.120. The van der Waals surface area contributed by atoms with Crippen LogP contribution in [0.25, 0.3) is 0 Å². The molecule has 1 N–H and O–H groups in total. The lowest BCUT2D eigenvalue weighted by molar-refractivity contribution is -0.0568. The van der Waals surface area contributed by atoms with E-state index in [9.17, 15) is 5.11 Å². The van der Waals surface area contributed by atoms with Crippen LogP contribution in [0.3, 0.4) is 0 Å². The van der Waals surface area contributed by atoms with E-state index in [-0.39, 0.29) is 11.7 Å². The SMILES string of the molecule is COC1(C)CCCN(CC2CCCC2O)C1. The highest BCUT2D eigenvalue weighted by molar-refractivity contribution is 4.87. The number of methoxy groups -OCH3 is 1. The fraction of sp³-hybridized carbons (Fsp3) is 1.00. The Kier molecular flexibility index (Phi) is 3.88. The van der Waals surface area contributed by atoms with Crippen molar-refractivity contribution >= 4 is 0 Å². The van der Waals surface area contributed by atoms with E-state index in [0.717, 1.165) is 25.9 Å². The standard InChI is InChI=1S/C13H25NO2/c1-13(16-2)7-4-8-14(10-13)9-11-5-3-6-12(11)15/h11-12,15H,3-10H2,1-2H3. The zero-order valence-electron chi connectivity index (χ0n) is 10.6. The number of rotatable bonds is 3. The minimum Gasteiger partial charge on any atom is -0.393 e. The topological polar surface area (TPSA) is 32.7 Å². The summed E-state index contributed by atoms with van der Waals surface area (Å²) in [5, 5.41) is 9.85. The number of aliphatic hydroxyl groups is 1. The molecule has 0 spiro atoms. The largest absolute Gasteiger partial charge is 0.393 e. The van der Waals surface area contributed by atoms with Crippen molar-refractivity contribution in [2.45, 2.75) is 50.7 Å². The average Bonchev–Trinajstić information content (AvgIpc) is 2.65. The molecular formula is C13H25NO2. The van der Waals surface area contributed by atoms with Gasteiger partial charge in [0, 0.05) is 20.2 Å². The van der Waals surface area contributed by atoms with Gasteiger partial charge in [-0.1, -0.05) is 6.42 Å². The summed E-state index contributed by atoms with van der Waals surface area (Å²) < 4.78 is 5.60. The van der Waals surface area contributed by atoms with E-state index in [1.54, 1.807) is 0 Å². The molecule has 1 saturated carbocycles. The van der Waals surface area contributed by atoms with Gasteiger partial charge in [0.1, 0.15) is 0 Å². The molecule has 0 bridgehead atoms. The van der Waals surface area contributed by atoms with Gasteiger partial charge in [-0.15, -0.1) is 0 Å². The van der Waals surface area contributed by atoms with Gasteiger partial charge in [0.05, 0.1) is 11.7 Å². The van der Waals surface area contributed by atoms with E-state index in [1.165, 1.54) is 25.8 Å². The molecule has 3 heteroatoms. The van der Waals surface area contributed by atoms with Gasteiger partial charge in [-0.25, -0.2) is 0 Å². The molecule has 0 aromatic carbocycles. The van der Waals surface area contributed by atoms with E-state index in [4.69, 9.17) is 4.74 Å². The number of piperidine rings is 1. The van der Waals surface area contributed by atoms with Gasteiger partial charge < -0.3 is 14.7 Å². The second kappa shape index (κ2) is 5.03. The molecule has 94 valence electrons. The third kappa shape index (κ3) is 2.76. The van der Waals surface area contributed by atoms with Crippen LogP contribution < -0.4 is 0 Å². The van der Waals surface area contributed by atoms with Crippen LogP contribution in [-0.4, -0.2) is 48.5 Å². The fourth-order valence-corrected chi connectivity index (χ4v) is 3.19. The van der Waals surface area contributed by atoms with Crippen LogP contribution in [0.5, 0.6) is 0 Å². The summed E-state index contributed by atoms with van der Waals surface area (Å²) in [7, 11) is 1.81. The predicted octanol–water partition coefficient (Wildman–Crippen LogP) is 1.65. The monoisotopic (exact) mass is 227 g/mol. The lowest BCUT2D eigenvalue weighted by Crippen LogP contribution is -2.49. The van der Waals surface area contributed by atoms with Crippen LogP contribution in [0.1, 0.15) is 39.0 Å². The minimum atomic E-state index is -0.0595. The molecule has 1 aliphatic heterocycles. The summed E-state index contributed by atoms with van der Waals surface area (Å²) in [6.45, 7) is 5.44. The maximum absolute atomic E-state index is 9.85. The van der Waals surface area contributed by atoms with Crippen molar-refractivity contribution in [3.63, 3.8) is 0 Å². The first kappa shape index (κ1) is 12.3. The van der Waals surface area contributed by atoms with Crippen LogP contribution in [0.2, 0.25) is 0 Å². The van der Waals surface area contributed by atoms with Crippen molar-refractivity contribution in [2.24, 2.45) is 5.92 Å². The van der Waals surface area contributed by atoms with Gasteiger partial charge in [-0.3, -0.25) is 0 Å². The Bertz CT molecular complexity index is 234. The Morgan fingerprint density at radius 1 is 1.38 bits per heavy atom. The third-order valence-corrected chi connectivity index (χ3v) is 4.34. The van der Waals surface area contributed by atoms with Crippen molar-refractivity contribution in [3.05, 3.63) is 0 Å². The Balaban J connectivity index is 1.85. The summed E-state index contributed by atoms with van der Waals surface area (Å²) in [6, 6.07) is 0. The summed E-state index contributed by atoms with van der Waals surface area (Å²) in [5.74, 6) is 0.499. The quantitative estimate of drug-likeness (QED) is 0.795. The first-order chi connectivity index (χ1) is 7.63. The number of ether oxygens (including phenoxy) is 1. The highest BCUT2D eigenvalue weighted by Gasteiger charge is 2.33. The number of hydrogen-bond donors (Lipinski definition) is 1. The molecule has 0 aromatic heterocycles. The summed E-state index contributed by atoms with van der Waals surface area (Å²) in [5.41, 5.74) is 0.0296. The molecule has 1 heterocycles. The maximum Gasteiger partial charge on any atom is 0.0777 e. The van der Waals surface area contributed by atoms with Gasteiger partial charge in [0.15, 0.2) is 0 Å². The molecule has 1 aliphatic carbocycles. The Morgan fingerprint density at radius 2 is 2.19 bits per heavy atom. The molecule has 0 radical (unpaired) electrons. The number of nitrogens with zero attached hydrogens (tertiary/aromatic N) is 1. The summed E-state index contributed by atoms with van der Waals surface area (Å²) >= 11 is 0. The van der Waals surface area contributed by atoms with Crippen LogP contribution >= 0.6 is 0 Å². The van der Waals surface area contributed by atoms with Crippen molar-refractivity contribution in [1.29, 1.82) is 0 Å². The normalized spacial score (nSPS) is 41.4. The van der Waals surface area contributed by atoms with E-state index in [0.29, 0.717) is 5.92 Å². The van der Waals surface area contributed by atoms with Gasteiger partial charge >= 0.3 is 0 Å². The van der Waals surface area contributed by atoms with Crippen LogP contribution in [0, 0.1) is 5.92 Å². The lowest BCUT2D eigenvalue weighted by Gasteiger charge is -2.40. The number of likely N-dealkylation sites (tertiary alicyclic amines) is 1. The Labute approximate surface area is 98.8 Å². The van der Waals surface area contributed by atoms with Crippen molar-refractivity contribution < 1.29 is 9.84 Å². The zero-order valence-corrected chi connectivity index (χ0v) is 10.6. The average molecular weight is 227 g/mol. The molecule has 3 nitrogen and oxygen atoms in total. The number of hydrogen-bond acceptors (Lipinski definition) is 3. The Morgan fingerprint density at radius 3 is 2.81 bits per heavy atom. The molecule has 2 rings (SSSR count). The third-order valence-electron chi connectivity index (χ3n) is 4.34. The second-order valence-corrected chi connectivity index (χ2v) is 5.75. The summed E-state index contributed by atoms with van der Waals surface area (Å²) in [6.07, 6.45) is 5.71. The predicted molar refractivity (Wildman–Crippen MR) is 64.4 cm³/mol. The van der Waals surface area contributed by atoms with Crippen molar-refractivity contribution in [2.75, 3.05) is 26.7 Å². The van der Waals surface area contributed by atoms with E-state index < -0.39 is 0 Å². The minimum absolute atomic E-state index is 0.0296. The smallest absolute Gasteiger partial charge is 0.0777 e. The van der Waals surface area contributed by atoms with Gasteiger partial charge in [0.2, 0.25) is 0 Å². The van der Waals surface area contributed by atoms with E-state index in [2.05, 4.69) is 11.8 Å². The fourth-order valence-electron chi connectivity index (χ4n) is 3.19.